The Balaban J connectivity index is 1.49. The van der Waals surface area contributed by atoms with Gasteiger partial charge in [0.1, 0.15) is 24.7 Å². The Morgan fingerprint density at radius 1 is 1.00 bits per heavy atom. The monoisotopic (exact) mass is 457 g/mol. The van der Waals surface area contributed by atoms with E-state index >= 15 is 0 Å². The zero-order valence-electron chi connectivity index (χ0n) is 19.1. The second kappa shape index (κ2) is 8.48. The molecule has 6 rings (SSSR count). The van der Waals surface area contributed by atoms with Crippen LogP contribution >= 0.6 is 0 Å². The molecule has 0 spiro atoms. The van der Waals surface area contributed by atoms with E-state index in [2.05, 4.69) is 58.0 Å². The maximum Gasteiger partial charge on any atom is 0.338 e. The molecular formula is C27H27N3O4. The number of esters is 1. The lowest BCUT2D eigenvalue weighted by Gasteiger charge is -2.31. The first kappa shape index (κ1) is 20.7. The smallest absolute Gasteiger partial charge is 0.338 e. The van der Waals surface area contributed by atoms with Gasteiger partial charge in [0.05, 0.1) is 29.6 Å². The number of nitrogens with zero attached hydrogens (tertiary/aromatic N) is 1. The predicted octanol–water partition coefficient (Wildman–Crippen LogP) is 4.58. The zero-order valence-corrected chi connectivity index (χ0v) is 19.1. The summed E-state index contributed by atoms with van der Waals surface area (Å²) >= 11 is 0. The molecule has 0 amide bonds. The van der Waals surface area contributed by atoms with Gasteiger partial charge in [-0.2, -0.15) is 0 Å². The predicted molar refractivity (Wildman–Crippen MR) is 131 cm³/mol. The standard InChI is InChI=1S/C27H27N3O4/c1-2-32-27(31)20-5-3-4-18-16-30(19-7-9-22-24(15-19)34-13-11-29-22)26(25(18)20)17-6-8-21-23(14-17)33-12-10-28-21/h3-9,14-15,26,28-29H,2,10-13,16H2,1H3. The highest BCUT2D eigenvalue weighted by atomic mass is 16.5. The van der Waals surface area contributed by atoms with E-state index in [1.165, 1.54) is 0 Å². The van der Waals surface area contributed by atoms with Gasteiger partial charge >= 0.3 is 5.97 Å². The van der Waals surface area contributed by atoms with Crippen molar-refractivity contribution in [3.8, 4) is 11.5 Å². The summed E-state index contributed by atoms with van der Waals surface area (Å²) in [5.41, 5.74) is 6.81. The number of rotatable bonds is 4. The van der Waals surface area contributed by atoms with Gasteiger partial charge in [0.25, 0.3) is 0 Å². The highest BCUT2D eigenvalue weighted by Gasteiger charge is 2.36. The van der Waals surface area contributed by atoms with E-state index in [0.717, 1.165) is 58.3 Å². The Hall–Kier alpha value is -3.87. The number of carbonyl (C=O) groups excluding carboxylic acids is 1. The van der Waals surface area contributed by atoms with E-state index in [9.17, 15) is 4.79 Å². The summed E-state index contributed by atoms with van der Waals surface area (Å²) in [6, 6.07) is 18.3. The van der Waals surface area contributed by atoms with Crippen molar-refractivity contribution in [1.82, 2.24) is 0 Å². The van der Waals surface area contributed by atoms with E-state index in [1.807, 2.05) is 19.1 Å². The summed E-state index contributed by atoms with van der Waals surface area (Å²) in [7, 11) is 0. The Kier molecular flexibility index (Phi) is 5.17. The van der Waals surface area contributed by atoms with E-state index in [0.29, 0.717) is 31.9 Å². The molecule has 1 atom stereocenters. The maximum atomic E-state index is 12.9. The molecule has 0 saturated heterocycles. The largest absolute Gasteiger partial charge is 0.490 e. The van der Waals surface area contributed by atoms with Crippen LogP contribution in [0.2, 0.25) is 0 Å². The van der Waals surface area contributed by atoms with Gasteiger partial charge in [0.2, 0.25) is 0 Å². The molecule has 174 valence electrons. The van der Waals surface area contributed by atoms with Crippen LogP contribution in [0.3, 0.4) is 0 Å². The molecule has 7 heteroatoms. The summed E-state index contributed by atoms with van der Waals surface area (Å²) in [4.78, 5) is 15.3. The Morgan fingerprint density at radius 2 is 1.74 bits per heavy atom. The highest BCUT2D eigenvalue weighted by molar-refractivity contribution is 5.93. The van der Waals surface area contributed by atoms with Gasteiger partial charge in [-0.3, -0.25) is 0 Å². The molecular weight excluding hydrogens is 430 g/mol. The van der Waals surface area contributed by atoms with E-state index in [1.54, 1.807) is 0 Å². The maximum absolute atomic E-state index is 12.9. The number of nitrogens with one attached hydrogen (secondary N) is 2. The number of benzene rings is 3. The fourth-order valence-corrected chi connectivity index (χ4v) is 5.10. The van der Waals surface area contributed by atoms with Crippen LogP contribution in [0.25, 0.3) is 0 Å². The quantitative estimate of drug-likeness (QED) is 0.556. The van der Waals surface area contributed by atoms with Gasteiger partial charge in [-0.15, -0.1) is 0 Å². The molecule has 3 aromatic rings. The van der Waals surface area contributed by atoms with Crippen LogP contribution in [0.15, 0.2) is 54.6 Å². The van der Waals surface area contributed by atoms with Crippen molar-refractivity contribution in [2.45, 2.75) is 19.5 Å². The minimum Gasteiger partial charge on any atom is -0.490 e. The topological polar surface area (TPSA) is 72.1 Å². The van der Waals surface area contributed by atoms with Crippen LogP contribution in [0.5, 0.6) is 11.5 Å². The number of carbonyl (C=O) groups is 1. The van der Waals surface area contributed by atoms with Crippen molar-refractivity contribution < 1.29 is 19.0 Å². The van der Waals surface area contributed by atoms with Crippen LogP contribution in [-0.4, -0.2) is 38.9 Å². The second-order valence-electron chi connectivity index (χ2n) is 8.62. The lowest BCUT2D eigenvalue weighted by atomic mass is 9.92. The van der Waals surface area contributed by atoms with Gasteiger partial charge in [-0.25, -0.2) is 4.79 Å². The molecule has 0 fully saturated rings. The fourth-order valence-electron chi connectivity index (χ4n) is 5.10. The SMILES string of the molecule is CCOC(=O)c1cccc2c1C(c1ccc3c(c1)OCCN3)N(c1ccc3c(c1)OCCN3)C2. The molecule has 3 aromatic carbocycles. The molecule has 0 saturated carbocycles. The lowest BCUT2D eigenvalue weighted by molar-refractivity contribution is 0.0525. The number of hydrogen-bond acceptors (Lipinski definition) is 7. The van der Waals surface area contributed by atoms with Crippen LogP contribution in [-0.2, 0) is 11.3 Å². The molecule has 3 aliphatic rings. The van der Waals surface area contributed by atoms with Gasteiger partial charge in [-0.05, 0) is 53.9 Å². The van der Waals surface area contributed by atoms with Crippen molar-refractivity contribution in [2.75, 3.05) is 48.4 Å². The number of ether oxygens (including phenoxy) is 3. The van der Waals surface area contributed by atoms with Crippen molar-refractivity contribution in [2.24, 2.45) is 0 Å². The number of hydrogen-bond donors (Lipinski definition) is 2. The Bertz CT molecular complexity index is 1260. The van der Waals surface area contributed by atoms with Crippen molar-refractivity contribution in [3.63, 3.8) is 0 Å². The normalized spacial score (nSPS) is 17.8. The molecule has 1 unspecified atom stereocenters. The third-order valence-corrected chi connectivity index (χ3v) is 6.59. The summed E-state index contributed by atoms with van der Waals surface area (Å²) in [6.07, 6.45) is 0. The van der Waals surface area contributed by atoms with Crippen LogP contribution in [0.1, 0.15) is 40.0 Å². The minimum atomic E-state index is -0.292. The van der Waals surface area contributed by atoms with Crippen LogP contribution in [0, 0.1) is 0 Å². The number of fused-ring (bicyclic) bond motifs is 3. The first-order valence-corrected chi connectivity index (χ1v) is 11.8. The van der Waals surface area contributed by atoms with Gasteiger partial charge in [0, 0.05) is 31.4 Å². The van der Waals surface area contributed by atoms with E-state index in [-0.39, 0.29) is 12.0 Å². The molecule has 0 aromatic heterocycles. The summed E-state index contributed by atoms with van der Waals surface area (Å²) in [5, 5.41) is 6.77. The van der Waals surface area contributed by atoms with Crippen molar-refractivity contribution >= 4 is 23.0 Å². The minimum absolute atomic E-state index is 0.166. The lowest BCUT2D eigenvalue weighted by Crippen LogP contribution is -2.25. The number of anilines is 3. The van der Waals surface area contributed by atoms with E-state index < -0.39 is 0 Å². The van der Waals surface area contributed by atoms with Crippen molar-refractivity contribution in [3.05, 3.63) is 76.9 Å². The molecule has 2 N–H and O–H groups in total. The molecule has 34 heavy (non-hydrogen) atoms. The first-order chi connectivity index (χ1) is 16.7. The summed E-state index contributed by atoms with van der Waals surface area (Å²) < 4.78 is 17.3. The summed E-state index contributed by atoms with van der Waals surface area (Å²) in [6.45, 7) is 5.71. The third-order valence-electron chi connectivity index (χ3n) is 6.59. The molecule has 0 bridgehead atoms. The fraction of sp³-hybridized carbons (Fsp3) is 0.296. The zero-order chi connectivity index (χ0) is 23.1. The molecule has 0 radical (unpaired) electrons. The Morgan fingerprint density at radius 3 is 2.50 bits per heavy atom. The van der Waals surface area contributed by atoms with Gasteiger partial charge < -0.3 is 29.7 Å². The first-order valence-electron chi connectivity index (χ1n) is 11.8. The second-order valence-corrected chi connectivity index (χ2v) is 8.62. The van der Waals surface area contributed by atoms with Crippen LogP contribution in [0.4, 0.5) is 17.1 Å². The summed E-state index contributed by atoms with van der Waals surface area (Å²) in [5.74, 6) is 1.39. The van der Waals surface area contributed by atoms with Gasteiger partial charge in [0.15, 0.2) is 0 Å². The molecule has 3 aliphatic heterocycles. The average molecular weight is 458 g/mol. The van der Waals surface area contributed by atoms with Crippen LogP contribution < -0.4 is 25.0 Å². The molecule has 7 nitrogen and oxygen atoms in total. The third kappa shape index (κ3) is 3.48. The molecule has 3 heterocycles. The average Bonchev–Trinajstić information content (AvgIpc) is 3.28. The van der Waals surface area contributed by atoms with E-state index in [4.69, 9.17) is 14.2 Å². The molecule has 0 aliphatic carbocycles. The van der Waals surface area contributed by atoms with Gasteiger partial charge in [-0.1, -0.05) is 18.2 Å². The highest BCUT2D eigenvalue weighted by Crippen LogP contribution is 2.46. The van der Waals surface area contributed by atoms with Crippen molar-refractivity contribution in [1.29, 1.82) is 0 Å². The Labute approximate surface area is 198 Å².